The number of hydrogen-bond acceptors (Lipinski definition) is 4. The fourth-order valence-electron chi connectivity index (χ4n) is 1.99. The number of nitriles is 1. The predicted octanol–water partition coefficient (Wildman–Crippen LogP) is 2.87. The van der Waals surface area contributed by atoms with Gasteiger partial charge in [0.1, 0.15) is 5.75 Å². The molecular formula is C14H8F2N4O. The van der Waals surface area contributed by atoms with Gasteiger partial charge in [-0.3, -0.25) is 4.40 Å². The van der Waals surface area contributed by atoms with Crippen molar-refractivity contribution in [2.45, 2.75) is 6.61 Å². The molecule has 5 nitrogen and oxygen atoms in total. The Morgan fingerprint density at radius 2 is 2.00 bits per heavy atom. The Morgan fingerprint density at radius 1 is 1.19 bits per heavy atom. The number of pyridine rings is 1. The van der Waals surface area contributed by atoms with Gasteiger partial charge in [0.15, 0.2) is 11.5 Å². The van der Waals surface area contributed by atoms with Gasteiger partial charge in [0.25, 0.3) is 0 Å². The van der Waals surface area contributed by atoms with E-state index in [1.54, 1.807) is 40.9 Å². The summed E-state index contributed by atoms with van der Waals surface area (Å²) in [6, 6.07) is 11.5. The molecule has 0 aliphatic carbocycles. The Balaban J connectivity index is 2.15. The van der Waals surface area contributed by atoms with Crippen molar-refractivity contribution >= 4 is 5.65 Å². The second-order valence-electron chi connectivity index (χ2n) is 4.15. The molecule has 0 spiro atoms. The first kappa shape index (κ1) is 13.0. The number of alkyl halides is 2. The average Bonchev–Trinajstić information content (AvgIpc) is 2.90. The molecule has 104 valence electrons. The maximum atomic E-state index is 12.5. The average molecular weight is 286 g/mol. The van der Waals surface area contributed by atoms with Crippen molar-refractivity contribution in [3.8, 4) is 23.2 Å². The highest BCUT2D eigenvalue weighted by atomic mass is 19.3. The summed E-state index contributed by atoms with van der Waals surface area (Å²) in [4.78, 5) is 0. The topological polar surface area (TPSA) is 63.2 Å². The summed E-state index contributed by atoms with van der Waals surface area (Å²) in [5, 5.41) is 16.8. The zero-order valence-corrected chi connectivity index (χ0v) is 10.6. The van der Waals surface area contributed by atoms with Gasteiger partial charge in [-0.25, -0.2) is 0 Å². The first-order chi connectivity index (χ1) is 10.2. The molecule has 0 saturated heterocycles. The van der Waals surface area contributed by atoms with Gasteiger partial charge in [-0.1, -0.05) is 12.1 Å². The molecule has 0 bridgehead atoms. The van der Waals surface area contributed by atoms with E-state index >= 15 is 0 Å². The van der Waals surface area contributed by atoms with Crippen molar-refractivity contribution in [2.24, 2.45) is 0 Å². The van der Waals surface area contributed by atoms with Crippen LogP contribution in [-0.4, -0.2) is 21.2 Å². The number of ether oxygens (including phenoxy) is 1. The molecule has 0 aliphatic heterocycles. The van der Waals surface area contributed by atoms with Gasteiger partial charge < -0.3 is 4.74 Å². The monoisotopic (exact) mass is 286 g/mol. The molecule has 3 rings (SSSR count). The number of aromatic nitrogens is 3. The Labute approximate surface area is 118 Å². The van der Waals surface area contributed by atoms with Gasteiger partial charge in [0.05, 0.1) is 17.2 Å². The van der Waals surface area contributed by atoms with Crippen molar-refractivity contribution in [1.82, 2.24) is 14.6 Å². The molecule has 1 aromatic carbocycles. The summed E-state index contributed by atoms with van der Waals surface area (Å²) in [5.41, 5.74) is 1.30. The third kappa shape index (κ3) is 2.39. The summed E-state index contributed by atoms with van der Waals surface area (Å²) in [6.07, 6.45) is 1.61. The lowest BCUT2D eigenvalue weighted by Gasteiger charge is -2.09. The quantitative estimate of drug-likeness (QED) is 0.742. The minimum absolute atomic E-state index is 0.0196. The number of rotatable bonds is 3. The van der Waals surface area contributed by atoms with Gasteiger partial charge in [-0.2, -0.15) is 14.0 Å². The van der Waals surface area contributed by atoms with Crippen LogP contribution in [0, 0.1) is 11.3 Å². The minimum Gasteiger partial charge on any atom is -0.434 e. The molecule has 0 N–H and O–H groups in total. The molecule has 0 saturated carbocycles. The summed E-state index contributed by atoms with van der Waals surface area (Å²) in [7, 11) is 0. The van der Waals surface area contributed by atoms with E-state index in [9.17, 15) is 8.78 Å². The fraction of sp³-hybridized carbons (Fsp3) is 0.0714. The SMILES string of the molecule is N#Cc1ccn2c(-c3ccccc3OC(F)F)nnc2c1. The highest BCUT2D eigenvalue weighted by Crippen LogP contribution is 2.29. The fourth-order valence-corrected chi connectivity index (χ4v) is 1.99. The number of halogens is 2. The number of nitrogens with zero attached hydrogens (tertiary/aromatic N) is 4. The molecule has 21 heavy (non-hydrogen) atoms. The van der Waals surface area contributed by atoms with Crippen molar-refractivity contribution < 1.29 is 13.5 Å². The Bertz CT molecular complexity index is 838. The summed E-state index contributed by atoms with van der Waals surface area (Å²) >= 11 is 0. The lowest BCUT2D eigenvalue weighted by molar-refractivity contribution is -0.0494. The molecule has 0 amide bonds. The van der Waals surface area contributed by atoms with Gasteiger partial charge in [-0.05, 0) is 18.2 Å². The van der Waals surface area contributed by atoms with Crippen LogP contribution < -0.4 is 4.74 Å². The van der Waals surface area contributed by atoms with E-state index in [1.165, 1.54) is 6.07 Å². The van der Waals surface area contributed by atoms with E-state index in [-0.39, 0.29) is 5.75 Å². The van der Waals surface area contributed by atoms with Crippen LogP contribution in [0.4, 0.5) is 8.78 Å². The van der Waals surface area contributed by atoms with Crippen molar-refractivity contribution in [3.05, 3.63) is 48.2 Å². The van der Waals surface area contributed by atoms with E-state index in [0.29, 0.717) is 22.6 Å². The van der Waals surface area contributed by atoms with Crippen molar-refractivity contribution in [1.29, 1.82) is 5.26 Å². The molecule has 2 heterocycles. The molecule has 3 aromatic rings. The molecule has 0 fully saturated rings. The second-order valence-corrected chi connectivity index (χ2v) is 4.15. The van der Waals surface area contributed by atoms with Crippen LogP contribution in [0.25, 0.3) is 17.0 Å². The summed E-state index contributed by atoms with van der Waals surface area (Å²) < 4.78 is 31.0. The molecule has 0 unspecified atom stereocenters. The van der Waals surface area contributed by atoms with Crippen LogP contribution in [-0.2, 0) is 0 Å². The molecular weight excluding hydrogens is 278 g/mol. The Hall–Kier alpha value is -3.01. The Morgan fingerprint density at radius 3 is 2.76 bits per heavy atom. The van der Waals surface area contributed by atoms with E-state index in [4.69, 9.17) is 5.26 Å². The summed E-state index contributed by atoms with van der Waals surface area (Å²) in [6.45, 7) is -2.92. The van der Waals surface area contributed by atoms with E-state index < -0.39 is 6.61 Å². The Kier molecular flexibility index (Phi) is 3.20. The highest BCUT2D eigenvalue weighted by Gasteiger charge is 2.15. The largest absolute Gasteiger partial charge is 0.434 e. The molecule has 7 heteroatoms. The lowest BCUT2D eigenvalue weighted by Crippen LogP contribution is -2.03. The molecule has 0 aliphatic rings. The standard InChI is InChI=1S/C14H8F2N4O/c15-14(16)21-11-4-2-1-3-10(11)13-19-18-12-7-9(8-17)5-6-20(12)13/h1-7,14H. The van der Waals surface area contributed by atoms with Gasteiger partial charge >= 0.3 is 6.61 Å². The third-order valence-electron chi connectivity index (χ3n) is 2.88. The molecule has 2 aromatic heterocycles. The second kappa shape index (κ2) is 5.17. The van der Waals surface area contributed by atoms with Gasteiger partial charge in [0, 0.05) is 12.3 Å². The zero-order valence-electron chi connectivity index (χ0n) is 10.6. The molecule has 0 radical (unpaired) electrons. The van der Waals surface area contributed by atoms with Crippen LogP contribution in [0.5, 0.6) is 5.75 Å². The zero-order chi connectivity index (χ0) is 14.8. The minimum atomic E-state index is -2.92. The third-order valence-corrected chi connectivity index (χ3v) is 2.88. The molecule has 0 atom stereocenters. The van der Waals surface area contributed by atoms with Crippen molar-refractivity contribution in [3.63, 3.8) is 0 Å². The van der Waals surface area contributed by atoms with Crippen LogP contribution in [0.3, 0.4) is 0 Å². The van der Waals surface area contributed by atoms with E-state index in [2.05, 4.69) is 14.9 Å². The summed E-state index contributed by atoms with van der Waals surface area (Å²) in [5.74, 6) is 0.386. The maximum Gasteiger partial charge on any atom is 0.387 e. The normalized spacial score (nSPS) is 10.8. The van der Waals surface area contributed by atoms with E-state index in [1.807, 2.05) is 6.07 Å². The number of fused-ring (bicyclic) bond motifs is 1. The highest BCUT2D eigenvalue weighted by molar-refractivity contribution is 5.67. The van der Waals surface area contributed by atoms with Crippen LogP contribution >= 0.6 is 0 Å². The lowest BCUT2D eigenvalue weighted by atomic mass is 10.2. The first-order valence-corrected chi connectivity index (χ1v) is 5.98. The van der Waals surface area contributed by atoms with Crippen molar-refractivity contribution in [2.75, 3.05) is 0 Å². The first-order valence-electron chi connectivity index (χ1n) is 5.98. The van der Waals surface area contributed by atoms with Crippen LogP contribution in [0.2, 0.25) is 0 Å². The van der Waals surface area contributed by atoms with Gasteiger partial charge in [-0.15, -0.1) is 10.2 Å². The predicted molar refractivity (Wildman–Crippen MR) is 69.8 cm³/mol. The number of para-hydroxylation sites is 1. The van der Waals surface area contributed by atoms with Crippen LogP contribution in [0.1, 0.15) is 5.56 Å². The van der Waals surface area contributed by atoms with E-state index in [0.717, 1.165) is 0 Å². The van der Waals surface area contributed by atoms with Gasteiger partial charge in [0.2, 0.25) is 0 Å². The van der Waals surface area contributed by atoms with Crippen LogP contribution in [0.15, 0.2) is 42.6 Å². The number of hydrogen-bond donors (Lipinski definition) is 0. The number of benzene rings is 1. The smallest absolute Gasteiger partial charge is 0.387 e. The maximum absolute atomic E-state index is 12.5.